The first-order valence-corrected chi connectivity index (χ1v) is 6.65. The first-order valence-electron chi connectivity index (χ1n) is 6.65. The third-order valence-corrected chi connectivity index (χ3v) is 2.75. The van der Waals surface area contributed by atoms with E-state index in [9.17, 15) is 4.79 Å². The molecule has 0 atom stereocenters. The number of nitrogens with one attached hydrogen (secondary N) is 1. The molecular weight excluding hydrogens is 268 g/mol. The van der Waals surface area contributed by atoms with Crippen LogP contribution in [0.4, 0.5) is 16.3 Å². The number of nitrogens with two attached hydrogens (primary N) is 1. The van der Waals surface area contributed by atoms with E-state index in [1.54, 1.807) is 23.9 Å². The molecule has 6 nitrogen and oxygen atoms in total. The van der Waals surface area contributed by atoms with Crippen molar-refractivity contribution in [3.63, 3.8) is 0 Å². The monoisotopic (exact) mass is 288 g/mol. The zero-order valence-corrected chi connectivity index (χ0v) is 12.7. The van der Waals surface area contributed by atoms with Gasteiger partial charge in [-0.3, -0.25) is 10.00 Å². The van der Waals surface area contributed by atoms with Crippen molar-refractivity contribution in [2.24, 2.45) is 7.05 Å². The van der Waals surface area contributed by atoms with E-state index in [1.807, 2.05) is 39.0 Å². The van der Waals surface area contributed by atoms with Gasteiger partial charge in [0, 0.05) is 18.7 Å². The zero-order valence-electron chi connectivity index (χ0n) is 12.7. The number of carbonyl (C=O) groups is 1. The summed E-state index contributed by atoms with van der Waals surface area (Å²) >= 11 is 0. The SMILES string of the molecule is Cn1nc(-c2ccccc2NC(=O)OC(C)(C)C)cc1N. The van der Waals surface area contributed by atoms with E-state index in [1.165, 1.54) is 0 Å². The van der Waals surface area contributed by atoms with Gasteiger partial charge >= 0.3 is 6.09 Å². The lowest BCUT2D eigenvalue weighted by atomic mass is 10.1. The first kappa shape index (κ1) is 14.9. The summed E-state index contributed by atoms with van der Waals surface area (Å²) < 4.78 is 6.84. The van der Waals surface area contributed by atoms with E-state index in [2.05, 4.69) is 10.4 Å². The van der Waals surface area contributed by atoms with Crippen molar-refractivity contribution in [2.75, 3.05) is 11.1 Å². The van der Waals surface area contributed by atoms with Crippen LogP contribution >= 0.6 is 0 Å². The summed E-state index contributed by atoms with van der Waals surface area (Å²) in [4.78, 5) is 11.9. The summed E-state index contributed by atoms with van der Waals surface area (Å²) in [6.45, 7) is 5.45. The Bertz CT molecular complexity index is 636. The molecule has 3 N–H and O–H groups in total. The number of rotatable bonds is 2. The summed E-state index contributed by atoms with van der Waals surface area (Å²) in [5, 5.41) is 7.07. The Morgan fingerprint density at radius 3 is 2.57 bits per heavy atom. The number of aromatic nitrogens is 2. The normalized spacial score (nSPS) is 11.2. The largest absolute Gasteiger partial charge is 0.444 e. The van der Waals surface area contributed by atoms with Crippen LogP contribution in [0, 0.1) is 0 Å². The average Bonchev–Trinajstić information content (AvgIpc) is 2.67. The highest BCUT2D eigenvalue weighted by Crippen LogP contribution is 2.28. The molecule has 21 heavy (non-hydrogen) atoms. The van der Waals surface area contributed by atoms with Crippen molar-refractivity contribution in [3.05, 3.63) is 30.3 Å². The van der Waals surface area contributed by atoms with Gasteiger partial charge in [0.1, 0.15) is 11.4 Å². The van der Waals surface area contributed by atoms with Crippen molar-refractivity contribution in [1.82, 2.24) is 9.78 Å². The molecule has 0 spiro atoms. The second-order valence-electron chi connectivity index (χ2n) is 5.75. The minimum atomic E-state index is -0.547. The van der Waals surface area contributed by atoms with Crippen LogP contribution in [0.2, 0.25) is 0 Å². The number of benzene rings is 1. The molecule has 2 aromatic rings. The summed E-state index contributed by atoms with van der Waals surface area (Å²) in [5.41, 5.74) is 7.37. The van der Waals surface area contributed by atoms with Gasteiger partial charge in [0.2, 0.25) is 0 Å². The van der Waals surface area contributed by atoms with Gasteiger partial charge < -0.3 is 10.5 Å². The molecule has 1 heterocycles. The molecule has 2 rings (SSSR count). The molecule has 6 heteroatoms. The fourth-order valence-corrected chi connectivity index (χ4v) is 1.84. The van der Waals surface area contributed by atoms with E-state index in [0.29, 0.717) is 17.2 Å². The van der Waals surface area contributed by atoms with Gasteiger partial charge in [-0.15, -0.1) is 0 Å². The van der Waals surface area contributed by atoms with Crippen LogP contribution in [0.5, 0.6) is 0 Å². The van der Waals surface area contributed by atoms with Gasteiger partial charge in [-0.25, -0.2) is 4.79 Å². The number of para-hydroxylation sites is 1. The molecule has 1 aromatic carbocycles. The van der Waals surface area contributed by atoms with E-state index in [0.717, 1.165) is 5.56 Å². The lowest BCUT2D eigenvalue weighted by Gasteiger charge is -2.20. The molecule has 112 valence electrons. The quantitative estimate of drug-likeness (QED) is 0.890. The summed E-state index contributed by atoms with van der Waals surface area (Å²) in [5.74, 6) is 0.553. The van der Waals surface area contributed by atoms with Crippen LogP contribution in [0.25, 0.3) is 11.3 Å². The number of amides is 1. The molecular formula is C15H20N4O2. The summed E-state index contributed by atoms with van der Waals surface area (Å²) in [6, 6.07) is 9.14. The number of anilines is 2. The van der Waals surface area contributed by atoms with E-state index < -0.39 is 11.7 Å². The Hall–Kier alpha value is -2.50. The van der Waals surface area contributed by atoms with Gasteiger partial charge in [-0.05, 0) is 26.8 Å². The topological polar surface area (TPSA) is 82.2 Å². The van der Waals surface area contributed by atoms with Crippen LogP contribution in [-0.4, -0.2) is 21.5 Å². The van der Waals surface area contributed by atoms with Crippen LogP contribution in [0.15, 0.2) is 30.3 Å². The molecule has 1 aromatic heterocycles. The minimum absolute atomic E-state index is 0.501. The molecule has 1 amide bonds. The lowest BCUT2D eigenvalue weighted by molar-refractivity contribution is 0.0636. The summed E-state index contributed by atoms with van der Waals surface area (Å²) in [7, 11) is 1.77. The second kappa shape index (κ2) is 5.47. The average molecular weight is 288 g/mol. The van der Waals surface area contributed by atoms with Crippen LogP contribution < -0.4 is 11.1 Å². The van der Waals surface area contributed by atoms with Gasteiger partial charge in [0.15, 0.2) is 0 Å². The molecule has 0 saturated heterocycles. The minimum Gasteiger partial charge on any atom is -0.444 e. The third kappa shape index (κ3) is 3.75. The van der Waals surface area contributed by atoms with Crippen LogP contribution in [0.1, 0.15) is 20.8 Å². The molecule has 0 unspecified atom stereocenters. The summed E-state index contributed by atoms with van der Waals surface area (Å²) in [6.07, 6.45) is -0.501. The molecule has 0 aliphatic rings. The number of ether oxygens (including phenoxy) is 1. The van der Waals surface area contributed by atoms with E-state index in [-0.39, 0.29) is 0 Å². The number of nitrogens with zero attached hydrogens (tertiary/aromatic N) is 2. The smallest absolute Gasteiger partial charge is 0.412 e. The molecule has 0 aliphatic carbocycles. The number of aryl methyl sites for hydroxylation is 1. The van der Waals surface area contributed by atoms with Gasteiger partial charge in [0.05, 0.1) is 11.4 Å². The predicted molar refractivity (Wildman–Crippen MR) is 82.9 cm³/mol. The Labute approximate surface area is 123 Å². The van der Waals surface area contributed by atoms with Crippen molar-refractivity contribution in [3.8, 4) is 11.3 Å². The molecule has 0 bridgehead atoms. The van der Waals surface area contributed by atoms with E-state index >= 15 is 0 Å². The molecule has 0 aliphatic heterocycles. The van der Waals surface area contributed by atoms with Crippen LogP contribution in [0.3, 0.4) is 0 Å². The van der Waals surface area contributed by atoms with Crippen molar-refractivity contribution in [1.29, 1.82) is 0 Å². The Balaban J connectivity index is 2.27. The number of hydrogen-bond donors (Lipinski definition) is 2. The second-order valence-corrected chi connectivity index (χ2v) is 5.75. The van der Waals surface area contributed by atoms with Crippen molar-refractivity contribution < 1.29 is 9.53 Å². The third-order valence-electron chi connectivity index (χ3n) is 2.75. The Kier molecular flexibility index (Phi) is 3.88. The highest BCUT2D eigenvalue weighted by atomic mass is 16.6. The predicted octanol–water partition coefficient (Wildman–Crippen LogP) is 3.02. The van der Waals surface area contributed by atoms with Crippen molar-refractivity contribution in [2.45, 2.75) is 26.4 Å². The number of hydrogen-bond acceptors (Lipinski definition) is 4. The molecule has 0 fully saturated rings. The highest BCUT2D eigenvalue weighted by molar-refractivity contribution is 5.91. The zero-order chi connectivity index (χ0) is 15.6. The molecule has 0 radical (unpaired) electrons. The first-order chi connectivity index (χ1) is 9.76. The highest BCUT2D eigenvalue weighted by Gasteiger charge is 2.18. The maximum Gasteiger partial charge on any atom is 0.412 e. The Morgan fingerprint density at radius 2 is 2.00 bits per heavy atom. The number of carbonyl (C=O) groups excluding carboxylic acids is 1. The maximum atomic E-state index is 11.9. The lowest BCUT2D eigenvalue weighted by Crippen LogP contribution is -2.27. The standard InChI is InChI=1S/C15H20N4O2/c1-15(2,3)21-14(20)17-11-8-6-5-7-10(11)12-9-13(16)19(4)18-12/h5-9H,16H2,1-4H3,(H,17,20). The van der Waals surface area contributed by atoms with Gasteiger partial charge in [-0.2, -0.15) is 5.10 Å². The molecule has 0 saturated carbocycles. The van der Waals surface area contributed by atoms with Gasteiger partial charge in [0.25, 0.3) is 0 Å². The fraction of sp³-hybridized carbons (Fsp3) is 0.333. The van der Waals surface area contributed by atoms with Crippen LogP contribution in [-0.2, 0) is 11.8 Å². The van der Waals surface area contributed by atoms with Gasteiger partial charge in [-0.1, -0.05) is 18.2 Å². The maximum absolute atomic E-state index is 11.9. The fourth-order valence-electron chi connectivity index (χ4n) is 1.84. The number of nitrogen functional groups attached to an aromatic ring is 1. The van der Waals surface area contributed by atoms with E-state index in [4.69, 9.17) is 10.5 Å². The Morgan fingerprint density at radius 1 is 1.33 bits per heavy atom. The van der Waals surface area contributed by atoms with Crippen molar-refractivity contribution >= 4 is 17.6 Å².